The van der Waals surface area contributed by atoms with Gasteiger partial charge in [-0.1, -0.05) is 13.8 Å². The lowest BCUT2D eigenvalue weighted by Crippen LogP contribution is -2.51. The maximum absolute atomic E-state index is 12.4. The number of amides is 2. The molecule has 2 amide bonds. The highest BCUT2D eigenvalue weighted by Crippen LogP contribution is 2.34. The number of carboxylic acids is 1. The van der Waals surface area contributed by atoms with Gasteiger partial charge in [0.2, 0.25) is 0 Å². The van der Waals surface area contributed by atoms with Crippen LogP contribution in [0.15, 0.2) is 6.33 Å². The number of nitrogens with one attached hydrogen (secondary N) is 1. The normalized spacial score (nSPS) is 21.8. The minimum absolute atomic E-state index is 0.134. The summed E-state index contributed by atoms with van der Waals surface area (Å²) in [6.07, 6.45) is 1.55. The van der Waals surface area contributed by atoms with Gasteiger partial charge in [0.05, 0.1) is 11.9 Å². The number of nitrogens with zero attached hydrogens (tertiary/aromatic N) is 4. The summed E-state index contributed by atoms with van der Waals surface area (Å²) in [5.41, 5.74) is 0. The topological polar surface area (TPSA) is 100 Å². The van der Waals surface area contributed by atoms with Crippen molar-refractivity contribution in [2.24, 2.45) is 13.0 Å². The second kappa shape index (κ2) is 6.33. The third-order valence-electron chi connectivity index (χ3n) is 3.33. The molecular formula is C12H19N5O3S. The number of aliphatic carboxylic acids is 1. The van der Waals surface area contributed by atoms with Crippen LogP contribution in [0.1, 0.15) is 19.7 Å². The molecule has 9 heteroatoms. The van der Waals surface area contributed by atoms with Gasteiger partial charge >= 0.3 is 12.0 Å². The van der Waals surface area contributed by atoms with Crippen LogP contribution in [0.25, 0.3) is 0 Å². The summed E-state index contributed by atoms with van der Waals surface area (Å²) in [5.74, 6) is 0.234. The van der Waals surface area contributed by atoms with E-state index >= 15 is 0 Å². The van der Waals surface area contributed by atoms with Crippen molar-refractivity contribution >= 4 is 23.8 Å². The molecule has 0 saturated carbocycles. The molecule has 0 radical (unpaired) electrons. The van der Waals surface area contributed by atoms with E-state index in [2.05, 4.69) is 15.5 Å². The van der Waals surface area contributed by atoms with Crippen LogP contribution in [0.4, 0.5) is 4.79 Å². The van der Waals surface area contributed by atoms with Crippen molar-refractivity contribution in [1.29, 1.82) is 0 Å². The molecule has 1 aliphatic heterocycles. The largest absolute Gasteiger partial charge is 0.480 e. The maximum Gasteiger partial charge on any atom is 0.327 e. The lowest BCUT2D eigenvalue weighted by atomic mass is 10.2. The van der Waals surface area contributed by atoms with Crippen molar-refractivity contribution in [3.8, 4) is 0 Å². The molecule has 0 bridgehead atoms. The molecule has 2 N–H and O–H groups in total. The van der Waals surface area contributed by atoms with Gasteiger partial charge in [-0.15, -0.1) is 22.0 Å². The first-order valence-electron chi connectivity index (χ1n) is 6.65. The number of rotatable bonds is 4. The quantitative estimate of drug-likeness (QED) is 0.840. The summed E-state index contributed by atoms with van der Waals surface area (Å²) in [6.45, 7) is 4.17. The molecule has 116 valence electrons. The Bertz CT molecular complexity index is 533. The molecule has 2 unspecified atom stereocenters. The fraction of sp³-hybridized carbons (Fsp3) is 0.667. The smallest absolute Gasteiger partial charge is 0.327 e. The van der Waals surface area contributed by atoms with Gasteiger partial charge in [-0.3, -0.25) is 4.90 Å². The summed E-state index contributed by atoms with van der Waals surface area (Å²) >= 11 is 1.50. The number of aromatic nitrogens is 3. The molecule has 8 nitrogen and oxygen atoms in total. The van der Waals surface area contributed by atoms with E-state index < -0.39 is 12.0 Å². The summed E-state index contributed by atoms with van der Waals surface area (Å²) in [4.78, 5) is 25.1. The fourth-order valence-corrected chi connectivity index (χ4v) is 3.67. The molecule has 2 rings (SSSR count). The Morgan fingerprint density at radius 3 is 2.81 bits per heavy atom. The zero-order valence-electron chi connectivity index (χ0n) is 12.2. The van der Waals surface area contributed by atoms with E-state index in [4.69, 9.17) is 0 Å². The predicted octanol–water partition coefficient (Wildman–Crippen LogP) is 0.509. The van der Waals surface area contributed by atoms with Crippen molar-refractivity contribution in [1.82, 2.24) is 25.0 Å². The van der Waals surface area contributed by atoms with Gasteiger partial charge in [0, 0.05) is 12.8 Å². The van der Waals surface area contributed by atoms with Gasteiger partial charge < -0.3 is 15.0 Å². The highest BCUT2D eigenvalue weighted by Gasteiger charge is 2.42. The van der Waals surface area contributed by atoms with Crippen LogP contribution in [0.2, 0.25) is 0 Å². The zero-order chi connectivity index (χ0) is 15.6. The number of hydrogen-bond donors (Lipinski definition) is 2. The van der Waals surface area contributed by atoms with E-state index in [1.165, 1.54) is 16.7 Å². The Morgan fingerprint density at radius 1 is 1.57 bits per heavy atom. The highest BCUT2D eigenvalue weighted by molar-refractivity contribution is 8.00. The lowest BCUT2D eigenvalue weighted by Gasteiger charge is -2.29. The zero-order valence-corrected chi connectivity index (χ0v) is 13.0. The van der Waals surface area contributed by atoms with Gasteiger partial charge in [0.15, 0.2) is 5.82 Å². The molecule has 1 aliphatic rings. The van der Waals surface area contributed by atoms with Crippen LogP contribution in [0, 0.1) is 5.92 Å². The van der Waals surface area contributed by atoms with Crippen molar-refractivity contribution in [2.75, 3.05) is 5.75 Å². The van der Waals surface area contributed by atoms with E-state index in [0.717, 1.165) is 0 Å². The number of thioether (sulfide) groups is 1. The Morgan fingerprint density at radius 2 is 2.29 bits per heavy atom. The number of carboxylic acid groups (broad SMARTS) is 1. The molecule has 2 heterocycles. The second-order valence-electron chi connectivity index (χ2n) is 5.25. The molecule has 1 saturated heterocycles. The van der Waals surface area contributed by atoms with Crippen LogP contribution in [0.3, 0.4) is 0 Å². The monoisotopic (exact) mass is 313 g/mol. The van der Waals surface area contributed by atoms with Gasteiger partial charge in [-0.05, 0) is 5.92 Å². The van der Waals surface area contributed by atoms with Crippen LogP contribution in [0.5, 0.6) is 0 Å². The third-order valence-corrected chi connectivity index (χ3v) is 4.95. The maximum atomic E-state index is 12.4. The average Bonchev–Trinajstić information content (AvgIpc) is 3.02. The van der Waals surface area contributed by atoms with E-state index in [9.17, 15) is 14.7 Å². The first kappa shape index (κ1) is 15.6. The van der Waals surface area contributed by atoms with E-state index in [0.29, 0.717) is 11.6 Å². The van der Waals surface area contributed by atoms with Gasteiger partial charge in [-0.25, -0.2) is 9.59 Å². The van der Waals surface area contributed by atoms with Crippen molar-refractivity contribution in [3.63, 3.8) is 0 Å². The SMILES string of the molecule is CC(C)C1SCC(C(=O)O)N1C(=O)NCc1nncn1C. The molecule has 1 aromatic heterocycles. The standard InChI is InChI=1S/C12H19N5O3S/c1-7(2)10-17(8(5-21-10)11(18)19)12(20)13-4-9-15-14-6-16(9)3/h6-8,10H,4-5H2,1-3H3,(H,13,20)(H,18,19). The third kappa shape index (κ3) is 3.29. The number of hydrogen-bond acceptors (Lipinski definition) is 5. The molecule has 2 atom stereocenters. The van der Waals surface area contributed by atoms with Crippen LogP contribution in [-0.4, -0.2) is 53.9 Å². The van der Waals surface area contributed by atoms with E-state index in [1.54, 1.807) is 17.9 Å². The van der Waals surface area contributed by atoms with Crippen molar-refractivity contribution in [3.05, 3.63) is 12.2 Å². The minimum Gasteiger partial charge on any atom is -0.480 e. The Hall–Kier alpha value is -1.77. The van der Waals surface area contributed by atoms with Crippen LogP contribution >= 0.6 is 11.8 Å². The summed E-state index contributed by atoms with van der Waals surface area (Å²) < 4.78 is 1.70. The number of carbonyl (C=O) groups excluding carboxylic acids is 1. The van der Waals surface area contributed by atoms with E-state index in [-0.39, 0.29) is 23.9 Å². The Kier molecular flexibility index (Phi) is 4.71. The molecule has 21 heavy (non-hydrogen) atoms. The first-order chi connectivity index (χ1) is 9.91. The molecule has 0 aromatic carbocycles. The molecule has 1 fully saturated rings. The highest BCUT2D eigenvalue weighted by atomic mass is 32.2. The van der Waals surface area contributed by atoms with Crippen molar-refractivity contribution in [2.45, 2.75) is 31.8 Å². The molecule has 0 aliphatic carbocycles. The number of aryl methyl sites for hydroxylation is 1. The Balaban J connectivity index is 2.06. The van der Waals surface area contributed by atoms with E-state index in [1.807, 2.05) is 13.8 Å². The van der Waals surface area contributed by atoms with Crippen LogP contribution < -0.4 is 5.32 Å². The summed E-state index contributed by atoms with van der Waals surface area (Å²) in [7, 11) is 1.78. The van der Waals surface area contributed by atoms with Gasteiger partial charge in [0.1, 0.15) is 12.4 Å². The van der Waals surface area contributed by atoms with Gasteiger partial charge in [0.25, 0.3) is 0 Å². The number of carbonyl (C=O) groups is 2. The molecule has 1 aromatic rings. The summed E-state index contributed by atoms with van der Waals surface area (Å²) in [6, 6.07) is -1.17. The summed E-state index contributed by atoms with van der Waals surface area (Å²) in [5, 5.41) is 19.5. The van der Waals surface area contributed by atoms with Crippen LogP contribution in [-0.2, 0) is 18.4 Å². The van der Waals surface area contributed by atoms with Crippen molar-refractivity contribution < 1.29 is 14.7 Å². The Labute approximate surface area is 126 Å². The predicted molar refractivity (Wildman–Crippen MR) is 77.6 cm³/mol. The average molecular weight is 313 g/mol. The fourth-order valence-electron chi connectivity index (χ4n) is 2.20. The first-order valence-corrected chi connectivity index (χ1v) is 7.70. The lowest BCUT2D eigenvalue weighted by molar-refractivity contribution is -0.141. The molecular weight excluding hydrogens is 294 g/mol. The number of urea groups is 1. The molecule has 0 spiro atoms. The minimum atomic E-state index is -0.973. The second-order valence-corrected chi connectivity index (χ2v) is 6.40. The van der Waals surface area contributed by atoms with Gasteiger partial charge in [-0.2, -0.15) is 0 Å².